The van der Waals surface area contributed by atoms with Gasteiger partial charge in [0.2, 0.25) is 0 Å². The highest BCUT2D eigenvalue weighted by Gasteiger charge is 2.34. The van der Waals surface area contributed by atoms with Crippen LogP contribution in [0.25, 0.3) is 6.08 Å². The average Bonchev–Trinajstić information content (AvgIpc) is 2.78. The number of amides is 2. The topological polar surface area (TPSA) is 105 Å². The molecule has 0 spiro atoms. The van der Waals surface area contributed by atoms with Crippen molar-refractivity contribution in [3.8, 4) is 0 Å². The number of thiocarbonyl (C=S) groups is 1. The molecule has 158 valence electrons. The molecule has 1 N–H and O–H groups in total. The van der Waals surface area contributed by atoms with Crippen LogP contribution in [-0.4, -0.2) is 26.8 Å². The first kappa shape index (κ1) is 21.3. The molecule has 0 saturated carbocycles. The molecule has 4 rings (SSSR count). The van der Waals surface area contributed by atoms with E-state index in [1.807, 2.05) is 0 Å². The monoisotopic (exact) mass is 462 g/mol. The summed E-state index contributed by atoms with van der Waals surface area (Å²) in [6, 6.07) is 18.4. The number of carbonyl (C=O) groups excluding carboxylic acids is 2. The molecule has 1 saturated heterocycles. The van der Waals surface area contributed by atoms with Gasteiger partial charge in [0.1, 0.15) is 10.6 Å². The van der Waals surface area contributed by atoms with Gasteiger partial charge in [0, 0.05) is 12.3 Å². The van der Waals surface area contributed by atoms with E-state index in [-0.39, 0.29) is 16.4 Å². The molecule has 1 fully saturated rings. The van der Waals surface area contributed by atoms with Crippen LogP contribution in [0.5, 0.6) is 0 Å². The van der Waals surface area contributed by atoms with Crippen molar-refractivity contribution < 1.29 is 14.5 Å². The number of hydrogen-bond acceptors (Lipinski definition) is 7. The molecule has 0 bridgehead atoms. The number of para-hydroxylation sites is 1. The van der Waals surface area contributed by atoms with Crippen molar-refractivity contribution in [2.75, 3.05) is 4.90 Å². The second-order valence-electron chi connectivity index (χ2n) is 6.55. The molecule has 32 heavy (non-hydrogen) atoms. The Kier molecular flexibility index (Phi) is 6.06. The lowest BCUT2D eigenvalue weighted by Crippen LogP contribution is -2.54. The summed E-state index contributed by atoms with van der Waals surface area (Å²) in [6.07, 6.45) is 2.92. The van der Waals surface area contributed by atoms with Crippen molar-refractivity contribution in [3.05, 3.63) is 94.2 Å². The Balaban J connectivity index is 1.69. The molecule has 0 radical (unpaired) electrons. The summed E-state index contributed by atoms with van der Waals surface area (Å²) in [4.78, 5) is 42.4. The standard InChI is InChI=1S/C22H14N4O4S2/c27-20-16(21(28)25(22(31)24-20)15-6-2-1-3-7-15)12-14-9-10-18(17(13-14)26(29)30)32-19-8-4-5-11-23-19/h1-13H,(H,24,27,31)/b16-12+. The zero-order valence-electron chi connectivity index (χ0n) is 16.3. The van der Waals surface area contributed by atoms with E-state index < -0.39 is 16.7 Å². The molecule has 10 heteroatoms. The van der Waals surface area contributed by atoms with Crippen molar-refractivity contribution >= 4 is 58.4 Å². The van der Waals surface area contributed by atoms with Gasteiger partial charge in [0.25, 0.3) is 17.5 Å². The number of hydrogen-bond donors (Lipinski definition) is 1. The van der Waals surface area contributed by atoms with E-state index in [9.17, 15) is 19.7 Å². The van der Waals surface area contributed by atoms with E-state index in [0.717, 1.165) is 11.8 Å². The quantitative estimate of drug-likeness (QED) is 0.201. The molecule has 1 aromatic heterocycles. The van der Waals surface area contributed by atoms with Gasteiger partial charge >= 0.3 is 0 Å². The minimum Gasteiger partial charge on any atom is -0.298 e. The fourth-order valence-corrected chi connectivity index (χ4v) is 4.15. The Morgan fingerprint density at radius 3 is 2.50 bits per heavy atom. The fourth-order valence-electron chi connectivity index (χ4n) is 3.01. The van der Waals surface area contributed by atoms with E-state index in [1.165, 1.54) is 17.0 Å². The molecule has 1 aliphatic heterocycles. The third kappa shape index (κ3) is 4.41. The summed E-state index contributed by atoms with van der Waals surface area (Å²) in [6.45, 7) is 0. The Hall–Kier alpha value is -3.89. The number of nitrogens with zero attached hydrogens (tertiary/aromatic N) is 3. The molecule has 1 aliphatic rings. The van der Waals surface area contributed by atoms with Crippen molar-refractivity contribution in [3.63, 3.8) is 0 Å². The number of aromatic nitrogens is 1. The number of anilines is 1. The van der Waals surface area contributed by atoms with E-state index in [2.05, 4.69) is 10.3 Å². The summed E-state index contributed by atoms with van der Waals surface area (Å²) in [5, 5.41) is 14.7. The van der Waals surface area contributed by atoms with E-state index in [1.54, 1.807) is 66.9 Å². The van der Waals surface area contributed by atoms with Crippen LogP contribution < -0.4 is 10.2 Å². The van der Waals surface area contributed by atoms with Crippen molar-refractivity contribution in [1.29, 1.82) is 0 Å². The SMILES string of the molecule is O=C1NC(=S)N(c2ccccc2)C(=O)/C1=C/c1ccc(Sc2ccccn2)c([N+](=O)[O-])c1. The third-order valence-electron chi connectivity index (χ3n) is 4.46. The lowest BCUT2D eigenvalue weighted by molar-refractivity contribution is -0.387. The van der Waals surface area contributed by atoms with Crippen LogP contribution in [-0.2, 0) is 9.59 Å². The third-order valence-corrected chi connectivity index (χ3v) is 5.76. The molecular weight excluding hydrogens is 448 g/mol. The Labute approximate surface area is 192 Å². The highest BCUT2D eigenvalue weighted by atomic mass is 32.2. The summed E-state index contributed by atoms with van der Waals surface area (Å²) in [5.74, 6) is -1.28. The molecule has 0 unspecified atom stereocenters. The summed E-state index contributed by atoms with van der Waals surface area (Å²) in [7, 11) is 0. The number of carbonyl (C=O) groups is 2. The first-order valence-electron chi connectivity index (χ1n) is 9.28. The molecule has 2 heterocycles. The second-order valence-corrected chi connectivity index (χ2v) is 8.00. The average molecular weight is 463 g/mol. The van der Waals surface area contributed by atoms with Crippen LogP contribution in [0.1, 0.15) is 5.56 Å². The summed E-state index contributed by atoms with van der Waals surface area (Å²) in [5.41, 5.74) is 0.499. The predicted octanol–water partition coefficient (Wildman–Crippen LogP) is 3.97. The number of nitro benzene ring substituents is 1. The second kappa shape index (κ2) is 9.08. The van der Waals surface area contributed by atoms with Gasteiger partial charge in [-0.05, 0) is 54.2 Å². The van der Waals surface area contributed by atoms with Crippen LogP contribution in [0.4, 0.5) is 11.4 Å². The number of benzene rings is 2. The normalized spacial score (nSPS) is 15.1. The molecule has 0 aliphatic carbocycles. The van der Waals surface area contributed by atoms with Crippen LogP contribution in [0, 0.1) is 10.1 Å². The highest BCUT2D eigenvalue weighted by molar-refractivity contribution is 7.99. The van der Waals surface area contributed by atoms with Crippen LogP contribution >= 0.6 is 24.0 Å². The summed E-state index contributed by atoms with van der Waals surface area (Å²) >= 11 is 6.31. The number of nitro groups is 1. The van der Waals surface area contributed by atoms with Gasteiger partial charge in [-0.2, -0.15) is 0 Å². The maximum absolute atomic E-state index is 13.0. The molecule has 2 aromatic carbocycles. The zero-order chi connectivity index (χ0) is 22.7. The van der Waals surface area contributed by atoms with Gasteiger partial charge in [0.15, 0.2) is 5.11 Å². The van der Waals surface area contributed by atoms with Gasteiger partial charge in [-0.3, -0.25) is 29.9 Å². The first-order valence-corrected chi connectivity index (χ1v) is 10.5. The van der Waals surface area contributed by atoms with Crippen molar-refractivity contribution in [1.82, 2.24) is 10.3 Å². The first-order chi connectivity index (χ1) is 15.4. The largest absolute Gasteiger partial charge is 0.298 e. The Morgan fingerprint density at radius 2 is 1.81 bits per heavy atom. The number of nitrogens with one attached hydrogen (secondary N) is 1. The summed E-state index contributed by atoms with van der Waals surface area (Å²) < 4.78 is 0. The maximum Gasteiger partial charge on any atom is 0.283 e. The van der Waals surface area contributed by atoms with Crippen molar-refractivity contribution in [2.45, 2.75) is 9.92 Å². The molecular formula is C22H14N4O4S2. The van der Waals surface area contributed by atoms with Crippen LogP contribution in [0.3, 0.4) is 0 Å². The van der Waals surface area contributed by atoms with Crippen LogP contribution in [0.2, 0.25) is 0 Å². The van der Waals surface area contributed by atoms with Gasteiger partial charge < -0.3 is 0 Å². The molecule has 8 nitrogen and oxygen atoms in total. The Morgan fingerprint density at radius 1 is 1.06 bits per heavy atom. The maximum atomic E-state index is 13.0. The lowest BCUT2D eigenvalue weighted by Gasteiger charge is -2.28. The minimum absolute atomic E-state index is 0.0311. The van der Waals surface area contributed by atoms with E-state index in [4.69, 9.17) is 12.2 Å². The number of pyridine rings is 1. The molecule has 3 aromatic rings. The van der Waals surface area contributed by atoms with Gasteiger partial charge in [-0.1, -0.05) is 42.1 Å². The molecule has 0 atom stereocenters. The fraction of sp³-hybridized carbons (Fsp3) is 0. The minimum atomic E-state index is -0.665. The lowest BCUT2D eigenvalue weighted by atomic mass is 10.1. The smallest absolute Gasteiger partial charge is 0.283 e. The Bertz CT molecular complexity index is 1260. The van der Waals surface area contributed by atoms with E-state index in [0.29, 0.717) is 21.2 Å². The molecule has 2 amide bonds. The van der Waals surface area contributed by atoms with Gasteiger partial charge in [-0.25, -0.2) is 4.98 Å². The predicted molar refractivity (Wildman–Crippen MR) is 124 cm³/mol. The van der Waals surface area contributed by atoms with Crippen LogP contribution in [0.15, 0.2) is 88.4 Å². The van der Waals surface area contributed by atoms with E-state index >= 15 is 0 Å². The number of rotatable bonds is 5. The highest BCUT2D eigenvalue weighted by Crippen LogP contribution is 2.35. The van der Waals surface area contributed by atoms with Crippen molar-refractivity contribution in [2.24, 2.45) is 0 Å². The zero-order valence-corrected chi connectivity index (χ0v) is 17.9. The van der Waals surface area contributed by atoms with Gasteiger partial charge in [-0.15, -0.1) is 0 Å². The van der Waals surface area contributed by atoms with Gasteiger partial charge in [0.05, 0.1) is 15.5 Å².